The van der Waals surface area contributed by atoms with Crippen molar-refractivity contribution >= 4 is 5.91 Å². The van der Waals surface area contributed by atoms with Crippen LogP contribution in [-0.4, -0.2) is 48.2 Å². The monoisotopic (exact) mass is 378 g/mol. The Kier molecular flexibility index (Phi) is 4.57. The Morgan fingerprint density at radius 1 is 1.04 bits per heavy atom. The standard InChI is InChI=1S/C23H26N2O3/c26-17-9-12-25(14-17)23(27)16-5-6-19-21(13-16)28-20-4-2-1-3-18(20)22(19)15-7-10-24-11-8-15/h1-6,13,15,17,22,24,26H,7-12,14H2/t17-,22?/m0/s1. The molecule has 0 aliphatic carbocycles. The molecular weight excluding hydrogens is 352 g/mol. The third-order valence-electron chi connectivity index (χ3n) is 6.38. The minimum absolute atomic E-state index is 0.0276. The molecule has 2 aromatic rings. The zero-order chi connectivity index (χ0) is 19.1. The summed E-state index contributed by atoms with van der Waals surface area (Å²) in [7, 11) is 0. The van der Waals surface area contributed by atoms with Crippen LogP contribution in [0.25, 0.3) is 0 Å². The molecule has 0 bridgehead atoms. The number of benzene rings is 2. The fraction of sp³-hybridized carbons (Fsp3) is 0.435. The number of nitrogens with one attached hydrogen (secondary N) is 1. The maximum Gasteiger partial charge on any atom is 0.254 e. The van der Waals surface area contributed by atoms with Crippen LogP contribution in [0.15, 0.2) is 42.5 Å². The van der Waals surface area contributed by atoms with Crippen molar-refractivity contribution in [1.29, 1.82) is 0 Å². The van der Waals surface area contributed by atoms with Crippen LogP contribution in [0.3, 0.4) is 0 Å². The first kappa shape index (κ1) is 17.7. The normalized spacial score (nSPS) is 24.4. The molecule has 5 heteroatoms. The van der Waals surface area contributed by atoms with Crippen molar-refractivity contribution in [2.45, 2.75) is 31.3 Å². The van der Waals surface area contributed by atoms with Gasteiger partial charge >= 0.3 is 0 Å². The van der Waals surface area contributed by atoms with Gasteiger partial charge < -0.3 is 20.1 Å². The highest BCUT2D eigenvalue weighted by atomic mass is 16.5. The molecule has 3 aliphatic heterocycles. The van der Waals surface area contributed by atoms with E-state index < -0.39 is 6.10 Å². The number of hydrogen-bond donors (Lipinski definition) is 2. The summed E-state index contributed by atoms with van der Waals surface area (Å²) >= 11 is 0. The van der Waals surface area contributed by atoms with Crippen LogP contribution in [0.4, 0.5) is 0 Å². The molecule has 28 heavy (non-hydrogen) atoms. The summed E-state index contributed by atoms with van der Waals surface area (Å²) in [5.41, 5.74) is 3.07. The van der Waals surface area contributed by atoms with Crippen LogP contribution in [0.2, 0.25) is 0 Å². The van der Waals surface area contributed by atoms with Crippen molar-refractivity contribution in [3.8, 4) is 11.5 Å². The Balaban J connectivity index is 1.51. The zero-order valence-electron chi connectivity index (χ0n) is 15.9. The number of piperidine rings is 1. The van der Waals surface area contributed by atoms with E-state index in [9.17, 15) is 9.90 Å². The number of β-amino-alcohol motifs (C(OH)–C–C–N with tert-alkyl or cyclic N) is 1. The molecule has 5 rings (SSSR count). The molecule has 0 aromatic heterocycles. The van der Waals surface area contributed by atoms with E-state index in [4.69, 9.17) is 4.74 Å². The summed E-state index contributed by atoms with van der Waals surface area (Å²) in [6.07, 6.45) is 2.53. The lowest BCUT2D eigenvalue weighted by molar-refractivity contribution is 0.0764. The number of carbonyl (C=O) groups is 1. The van der Waals surface area contributed by atoms with E-state index in [2.05, 4.69) is 23.5 Å². The molecule has 2 N–H and O–H groups in total. The molecular formula is C23H26N2O3. The van der Waals surface area contributed by atoms with Gasteiger partial charge in [-0.15, -0.1) is 0 Å². The van der Waals surface area contributed by atoms with E-state index in [1.54, 1.807) is 4.90 Å². The Morgan fingerprint density at radius 2 is 1.82 bits per heavy atom. The molecule has 0 saturated carbocycles. The number of aliphatic hydroxyl groups is 1. The molecule has 5 nitrogen and oxygen atoms in total. The van der Waals surface area contributed by atoms with Gasteiger partial charge in [-0.3, -0.25) is 4.79 Å². The van der Waals surface area contributed by atoms with Crippen molar-refractivity contribution in [2.24, 2.45) is 5.92 Å². The van der Waals surface area contributed by atoms with Gasteiger partial charge in [-0.25, -0.2) is 0 Å². The maximum atomic E-state index is 12.9. The van der Waals surface area contributed by atoms with Gasteiger partial charge in [0, 0.05) is 35.7 Å². The highest BCUT2D eigenvalue weighted by molar-refractivity contribution is 5.95. The second-order valence-electron chi connectivity index (χ2n) is 8.15. The number of carbonyl (C=O) groups excluding carboxylic acids is 1. The summed E-state index contributed by atoms with van der Waals surface area (Å²) in [5.74, 6) is 2.55. The van der Waals surface area contributed by atoms with Gasteiger partial charge in [0.2, 0.25) is 0 Å². The van der Waals surface area contributed by atoms with Gasteiger partial charge in [-0.1, -0.05) is 24.3 Å². The minimum Gasteiger partial charge on any atom is -0.457 e. The Bertz CT molecular complexity index is 891. The van der Waals surface area contributed by atoms with Gasteiger partial charge in [0.05, 0.1) is 6.10 Å². The topological polar surface area (TPSA) is 61.8 Å². The summed E-state index contributed by atoms with van der Waals surface area (Å²) in [6, 6.07) is 14.2. The first-order valence-electron chi connectivity index (χ1n) is 10.3. The summed E-state index contributed by atoms with van der Waals surface area (Å²) in [4.78, 5) is 14.6. The first-order chi connectivity index (χ1) is 13.7. The van der Waals surface area contributed by atoms with Crippen LogP contribution in [0, 0.1) is 5.92 Å². The van der Waals surface area contributed by atoms with E-state index in [1.165, 1.54) is 11.1 Å². The number of hydrogen-bond acceptors (Lipinski definition) is 4. The number of ether oxygens (including phenoxy) is 1. The number of rotatable bonds is 2. The van der Waals surface area contributed by atoms with Gasteiger partial charge in [-0.2, -0.15) is 0 Å². The lowest BCUT2D eigenvalue weighted by Crippen LogP contribution is -2.32. The van der Waals surface area contributed by atoms with E-state index in [1.807, 2.05) is 24.3 Å². The molecule has 146 valence electrons. The molecule has 1 amide bonds. The highest BCUT2D eigenvalue weighted by Gasteiger charge is 2.35. The third kappa shape index (κ3) is 3.09. The molecule has 2 fully saturated rings. The summed E-state index contributed by atoms with van der Waals surface area (Å²) in [5, 5.41) is 13.2. The fourth-order valence-corrected chi connectivity index (χ4v) is 4.92. The number of nitrogens with zero attached hydrogens (tertiary/aromatic N) is 1. The van der Waals surface area contributed by atoms with Crippen molar-refractivity contribution in [3.05, 3.63) is 59.2 Å². The molecule has 3 heterocycles. The molecule has 2 atom stereocenters. The van der Waals surface area contributed by atoms with E-state index in [0.29, 0.717) is 36.9 Å². The average molecular weight is 378 g/mol. The number of aliphatic hydroxyl groups excluding tert-OH is 1. The van der Waals surface area contributed by atoms with Gasteiger partial charge in [0.25, 0.3) is 5.91 Å². The molecule has 3 aliphatic rings. The van der Waals surface area contributed by atoms with Crippen LogP contribution < -0.4 is 10.1 Å². The highest BCUT2D eigenvalue weighted by Crippen LogP contribution is 2.49. The lowest BCUT2D eigenvalue weighted by Gasteiger charge is -2.36. The SMILES string of the molecule is O=C(c1ccc2c(c1)Oc1ccccc1C2C1CCNCC1)N1CC[C@H](O)C1. The predicted molar refractivity (Wildman–Crippen MR) is 107 cm³/mol. The first-order valence-corrected chi connectivity index (χ1v) is 10.3. The number of fused-ring (bicyclic) bond motifs is 2. The van der Waals surface area contributed by atoms with Crippen molar-refractivity contribution in [3.63, 3.8) is 0 Å². The fourth-order valence-electron chi connectivity index (χ4n) is 4.92. The van der Waals surface area contributed by atoms with Crippen LogP contribution in [0.1, 0.15) is 46.7 Å². The van der Waals surface area contributed by atoms with Gasteiger partial charge in [0.15, 0.2) is 0 Å². The predicted octanol–water partition coefficient (Wildman–Crippen LogP) is 3.13. The second kappa shape index (κ2) is 7.22. The third-order valence-corrected chi connectivity index (χ3v) is 6.38. The van der Waals surface area contributed by atoms with Gasteiger partial charge in [0.1, 0.15) is 11.5 Å². The van der Waals surface area contributed by atoms with E-state index in [-0.39, 0.29) is 5.91 Å². The maximum absolute atomic E-state index is 12.9. The molecule has 2 saturated heterocycles. The van der Waals surface area contributed by atoms with Crippen LogP contribution in [-0.2, 0) is 0 Å². The average Bonchev–Trinajstić information content (AvgIpc) is 3.18. The largest absolute Gasteiger partial charge is 0.457 e. The summed E-state index contributed by atoms with van der Waals surface area (Å²) in [6.45, 7) is 3.12. The van der Waals surface area contributed by atoms with Gasteiger partial charge in [-0.05, 0) is 56.5 Å². The van der Waals surface area contributed by atoms with Crippen molar-refractivity contribution < 1.29 is 14.6 Å². The number of likely N-dealkylation sites (tertiary alicyclic amines) is 1. The Morgan fingerprint density at radius 3 is 2.61 bits per heavy atom. The zero-order valence-corrected chi connectivity index (χ0v) is 15.9. The van der Waals surface area contributed by atoms with Crippen LogP contribution >= 0.6 is 0 Å². The number of amides is 1. The molecule has 0 spiro atoms. The quantitative estimate of drug-likeness (QED) is 0.843. The second-order valence-corrected chi connectivity index (χ2v) is 8.15. The lowest BCUT2D eigenvalue weighted by atomic mass is 9.74. The Labute approximate surface area is 165 Å². The molecule has 0 radical (unpaired) electrons. The smallest absolute Gasteiger partial charge is 0.254 e. The molecule has 2 aromatic carbocycles. The summed E-state index contributed by atoms with van der Waals surface area (Å²) < 4.78 is 6.24. The van der Waals surface area contributed by atoms with Crippen molar-refractivity contribution in [2.75, 3.05) is 26.2 Å². The van der Waals surface area contributed by atoms with Crippen LogP contribution in [0.5, 0.6) is 11.5 Å². The van der Waals surface area contributed by atoms with Crippen molar-refractivity contribution in [1.82, 2.24) is 10.2 Å². The van der Waals surface area contributed by atoms with E-state index in [0.717, 1.165) is 37.4 Å². The van der Waals surface area contributed by atoms with E-state index >= 15 is 0 Å². The number of para-hydroxylation sites is 1. The molecule has 1 unspecified atom stereocenters. The minimum atomic E-state index is -0.408. The Hall–Kier alpha value is -2.37.